The maximum atomic E-state index is 12.8. The number of carbonyl (C=O) groups is 1. The Bertz CT molecular complexity index is 986. The van der Waals surface area contributed by atoms with E-state index in [2.05, 4.69) is 26.8 Å². The smallest absolute Gasteiger partial charge is 0.310 e. The summed E-state index contributed by atoms with van der Waals surface area (Å²) < 4.78 is 0. The van der Waals surface area contributed by atoms with E-state index in [1.165, 1.54) is 0 Å². The molecule has 0 aromatic heterocycles. The number of aliphatic hydroxyl groups is 4. The standard InChI is InChI=1S/C30H48O6/c1-16-10-13-30(24(34)35)15-14-26(4)17(21(30)29(16,7)36)8-9-19-27(26,5)12-11-18-25(2,3)22(32)20(31)23(33)28(18,19)6/h8,16,18-23,31-33,36H,9-15H2,1-7H3,(H,34,35)/t16-,18+,19+,20+,21+,22+,23+,26+,27+,28-,29+,30-/m0/s1. The van der Waals surface area contributed by atoms with Gasteiger partial charge in [0.15, 0.2) is 0 Å². The van der Waals surface area contributed by atoms with Gasteiger partial charge in [-0.25, -0.2) is 0 Å². The molecular weight excluding hydrogens is 456 g/mol. The maximum Gasteiger partial charge on any atom is 0.310 e. The van der Waals surface area contributed by atoms with E-state index < -0.39 is 52.0 Å². The summed E-state index contributed by atoms with van der Waals surface area (Å²) in [5, 5.41) is 55.9. The Balaban J connectivity index is 1.67. The molecule has 204 valence electrons. The molecule has 0 saturated heterocycles. The van der Waals surface area contributed by atoms with E-state index in [-0.39, 0.29) is 28.6 Å². The third kappa shape index (κ3) is 2.80. The van der Waals surface area contributed by atoms with Crippen LogP contribution in [0.4, 0.5) is 0 Å². The van der Waals surface area contributed by atoms with Crippen molar-refractivity contribution >= 4 is 5.97 Å². The third-order valence-corrected chi connectivity index (χ3v) is 13.6. The predicted molar refractivity (Wildman–Crippen MR) is 137 cm³/mol. The van der Waals surface area contributed by atoms with Gasteiger partial charge in [0.25, 0.3) is 0 Å². The molecule has 6 heteroatoms. The van der Waals surface area contributed by atoms with Crippen LogP contribution in [0.5, 0.6) is 0 Å². The second-order valence-electron chi connectivity index (χ2n) is 14.9. The van der Waals surface area contributed by atoms with Crippen LogP contribution in [-0.4, -0.2) is 55.4 Å². The highest BCUT2D eigenvalue weighted by Crippen LogP contribution is 2.76. The molecular formula is C30H48O6. The highest BCUT2D eigenvalue weighted by atomic mass is 16.4. The first-order valence-corrected chi connectivity index (χ1v) is 14.1. The molecule has 5 aliphatic rings. The molecule has 0 amide bonds. The number of fused-ring (bicyclic) bond motifs is 7. The summed E-state index contributed by atoms with van der Waals surface area (Å²) >= 11 is 0. The van der Waals surface area contributed by atoms with Gasteiger partial charge in [-0.15, -0.1) is 0 Å². The van der Waals surface area contributed by atoms with Gasteiger partial charge >= 0.3 is 5.97 Å². The molecule has 12 atom stereocenters. The fourth-order valence-corrected chi connectivity index (χ4v) is 10.9. The normalized spacial score (nSPS) is 58.0. The van der Waals surface area contributed by atoms with Crippen LogP contribution < -0.4 is 0 Å². The quantitative estimate of drug-likeness (QED) is 0.343. The average Bonchev–Trinajstić information content (AvgIpc) is 2.79. The molecule has 5 N–H and O–H groups in total. The fourth-order valence-electron chi connectivity index (χ4n) is 10.9. The number of hydrogen-bond donors (Lipinski definition) is 5. The molecule has 4 fully saturated rings. The molecule has 0 bridgehead atoms. The molecule has 0 spiro atoms. The van der Waals surface area contributed by atoms with Gasteiger partial charge in [-0.05, 0) is 85.9 Å². The Labute approximate surface area is 216 Å². The number of carboxylic acids is 1. The van der Waals surface area contributed by atoms with Crippen molar-refractivity contribution < 1.29 is 30.3 Å². The zero-order chi connectivity index (χ0) is 26.9. The van der Waals surface area contributed by atoms with Crippen LogP contribution in [0.15, 0.2) is 11.6 Å². The molecule has 0 aliphatic heterocycles. The molecule has 6 nitrogen and oxygen atoms in total. The molecule has 0 heterocycles. The van der Waals surface area contributed by atoms with Gasteiger partial charge in [-0.2, -0.15) is 0 Å². The average molecular weight is 505 g/mol. The first-order chi connectivity index (χ1) is 16.4. The Morgan fingerprint density at radius 3 is 2.14 bits per heavy atom. The third-order valence-electron chi connectivity index (χ3n) is 13.6. The van der Waals surface area contributed by atoms with E-state index in [4.69, 9.17) is 0 Å². The van der Waals surface area contributed by atoms with Crippen LogP contribution in [0, 0.1) is 50.7 Å². The largest absolute Gasteiger partial charge is 0.481 e. The van der Waals surface area contributed by atoms with Crippen LogP contribution in [0.2, 0.25) is 0 Å². The van der Waals surface area contributed by atoms with Gasteiger partial charge in [0, 0.05) is 11.3 Å². The first-order valence-electron chi connectivity index (χ1n) is 14.1. The number of aliphatic carboxylic acids is 1. The summed E-state index contributed by atoms with van der Waals surface area (Å²) in [5.41, 5.74) is -2.63. The molecule has 0 aromatic rings. The lowest BCUT2D eigenvalue weighted by Gasteiger charge is -2.72. The van der Waals surface area contributed by atoms with Crippen molar-refractivity contribution in [1.82, 2.24) is 0 Å². The highest BCUT2D eigenvalue weighted by molar-refractivity contribution is 5.77. The van der Waals surface area contributed by atoms with Crippen molar-refractivity contribution in [1.29, 1.82) is 0 Å². The Hall–Kier alpha value is -0.950. The Morgan fingerprint density at radius 2 is 1.53 bits per heavy atom. The van der Waals surface area contributed by atoms with Crippen LogP contribution in [-0.2, 0) is 4.79 Å². The lowest BCUT2D eigenvalue weighted by Crippen LogP contribution is -2.72. The summed E-state index contributed by atoms with van der Waals surface area (Å²) in [4.78, 5) is 12.8. The number of hydrogen-bond acceptors (Lipinski definition) is 5. The molecule has 0 aromatic carbocycles. The lowest BCUT2D eigenvalue weighted by molar-refractivity contribution is -0.279. The maximum absolute atomic E-state index is 12.8. The van der Waals surface area contributed by atoms with Gasteiger partial charge in [0.1, 0.15) is 6.10 Å². The van der Waals surface area contributed by atoms with E-state index in [0.29, 0.717) is 25.7 Å². The molecule has 4 saturated carbocycles. The molecule has 36 heavy (non-hydrogen) atoms. The summed E-state index contributed by atoms with van der Waals surface area (Å²) in [6, 6.07) is 0. The van der Waals surface area contributed by atoms with Crippen molar-refractivity contribution in [3.05, 3.63) is 11.6 Å². The van der Waals surface area contributed by atoms with Crippen molar-refractivity contribution in [3.63, 3.8) is 0 Å². The number of carboxylic acid groups (broad SMARTS) is 1. The van der Waals surface area contributed by atoms with Gasteiger partial charge in [0.05, 0.1) is 23.2 Å². The molecule has 0 unspecified atom stereocenters. The van der Waals surface area contributed by atoms with Crippen LogP contribution >= 0.6 is 0 Å². The van der Waals surface area contributed by atoms with E-state index in [1.54, 1.807) is 0 Å². The molecule has 5 rings (SSSR count). The van der Waals surface area contributed by atoms with Crippen LogP contribution in [0.1, 0.15) is 93.4 Å². The SMILES string of the molecule is C[C@H]1CC[C@]2(C(=O)O)CC[C@]3(C)C(=CC[C@H]4[C@@]5(C)[C@H](O)[C@H](O)[C@@H](O)C(C)(C)[C@H]5CC[C@]43C)[C@@H]2[C@]1(C)O. The zero-order valence-corrected chi connectivity index (χ0v) is 23.2. The number of rotatable bonds is 1. The summed E-state index contributed by atoms with van der Waals surface area (Å²) in [7, 11) is 0. The van der Waals surface area contributed by atoms with Crippen LogP contribution in [0.25, 0.3) is 0 Å². The van der Waals surface area contributed by atoms with Crippen molar-refractivity contribution in [3.8, 4) is 0 Å². The van der Waals surface area contributed by atoms with E-state index in [1.807, 2.05) is 27.7 Å². The summed E-state index contributed by atoms with van der Waals surface area (Å²) in [6.07, 6.45) is 4.02. The summed E-state index contributed by atoms with van der Waals surface area (Å²) in [6.45, 7) is 14.7. The van der Waals surface area contributed by atoms with Gasteiger partial charge in [-0.1, -0.05) is 53.2 Å². The van der Waals surface area contributed by atoms with Crippen molar-refractivity contribution in [2.24, 2.45) is 50.7 Å². The van der Waals surface area contributed by atoms with Crippen LogP contribution in [0.3, 0.4) is 0 Å². The predicted octanol–water partition coefficient (Wildman–Crippen LogP) is 4.15. The van der Waals surface area contributed by atoms with Gasteiger partial charge < -0.3 is 25.5 Å². The minimum Gasteiger partial charge on any atom is -0.481 e. The van der Waals surface area contributed by atoms with E-state index in [0.717, 1.165) is 24.8 Å². The first kappa shape index (κ1) is 26.6. The Kier molecular flexibility index (Phi) is 5.61. The van der Waals surface area contributed by atoms with Crippen molar-refractivity contribution in [2.45, 2.75) is 117 Å². The van der Waals surface area contributed by atoms with Gasteiger partial charge in [0.2, 0.25) is 0 Å². The minimum atomic E-state index is -1.20. The van der Waals surface area contributed by atoms with Crippen molar-refractivity contribution in [2.75, 3.05) is 0 Å². The van der Waals surface area contributed by atoms with E-state index in [9.17, 15) is 30.3 Å². The highest BCUT2D eigenvalue weighted by Gasteiger charge is 2.73. The van der Waals surface area contributed by atoms with Gasteiger partial charge in [-0.3, -0.25) is 4.79 Å². The fraction of sp³-hybridized carbons (Fsp3) is 0.900. The molecule has 0 radical (unpaired) electrons. The topological polar surface area (TPSA) is 118 Å². The monoisotopic (exact) mass is 504 g/mol. The number of aliphatic hydroxyl groups excluding tert-OH is 3. The second-order valence-corrected chi connectivity index (χ2v) is 14.9. The second kappa shape index (κ2) is 7.58. The summed E-state index contributed by atoms with van der Waals surface area (Å²) in [5.74, 6) is -1.10. The van der Waals surface area contributed by atoms with E-state index >= 15 is 0 Å². The lowest BCUT2D eigenvalue weighted by atomic mass is 9.32. The minimum absolute atomic E-state index is 0.00890. The molecule has 5 aliphatic carbocycles. The Morgan fingerprint density at radius 1 is 0.889 bits per heavy atom. The zero-order valence-electron chi connectivity index (χ0n) is 23.2. The number of allylic oxidation sites excluding steroid dienone is 1.